The summed E-state index contributed by atoms with van der Waals surface area (Å²) in [5.41, 5.74) is -2.13. The van der Waals surface area contributed by atoms with Gasteiger partial charge in [-0.05, 0) is 57.3 Å². The van der Waals surface area contributed by atoms with Crippen molar-refractivity contribution in [2.75, 3.05) is 0 Å². The summed E-state index contributed by atoms with van der Waals surface area (Å²) in [5.74, 6) is -0.388. The van der Waals surface area contributed by atoms with Gasteiger partial charge in [-0.25, -0.2) is 0 Å². The third-order valence-corrected chi connectivity index (χ3v) is 6.77. The van der Waals surface area contributed by atoms with Crippen LogP contribution in [0.4, 0.5) is 13.2 Å². The van der Waals surface area contributed by atoms with Gasteiger partial charge in [-0.3, -0.25) is 4.79 Å². The van der Waals surface area contributed by atoms with E-state index in [1.54, 1.807) is 6.08 Å². The average Bonchev–Trinajstić information content (AvgIpc) is 3.20. The number of carboxylic acids is 1. The second-order valence-electron chi connectivity index (χ2n) is 8.93. The Balaban J connectivity index is 1.91. The van der Waals surface area contributed by atoms with Crippen LogP contribution in [0.15, 0.2) is 12.2 Å². The number of allylic oxidation sites excluding steroid dienone is 1. The topological polar surface area (TPSA) is 66.8 Å². The smallest absolute Gasteiger partial charge is 0.397 e. The van der Waals surface area contributed by atoms with E-state index in [1.807, 2.05) is 6.92 Å². The fourth-order valence-electron chi connectivity index (χ4n) is 4.70. The van der Waals surface area contributed by atoms with Gasteiger partial charge in [-0.15, -0.1) is 0 Å². The van der Waals surface area contributed by atoms with Crippen molar-refractivity contribution in [3.63, 3.8) is 0 Å². The summed E-state index contributed by atoms with van der Waals surface area (Å²) in [4.78, 5) is 10.6. The van der Waals surface area contributed by atoms with Gasteiger partial charge in [-0.1, -0.05) is 38.3 Å². The number of carbonyl (C=O) groups is 1. The molecule has 29 heavy (non-hydrogen) atoms. The minimum atomic E-state index is -4.46. The molecule has 0 spiro atoms. The lowest BCUT2D eigenvalue weighted by molar-refractivity contribution is -0.244. The van der Waals surface area contributed by atoms with E-state index in [4.69, 9.17) is 9.84 Å². The third kappa shape index (κ3) is 6.20. The fourth-order valence-corrected chi connectivity index (χ4v) is 4.70. The first-order valence-electron chi connectivity index (χ1n) is 10.9. The predicted octanol–water partition coefficient (Wildman–Crippen LogP) is 5.49. The van der Waals surface area contributed by atoms with Crippen LogP contribution in [0.2, 0.25) is 0 Å². The van der Waals surface area contributed by atoms with Crippen molar-refractivity contribution in [2.24, 2.45) is 17.3 Å². The van der Waals surface area contributed by atoms with Gasteiger partial charge in [-0.2, -0.15) is 13.2 Å². The Kier molecular flexibility index (Phi) is 8.59. The highest BCUT2D eigenvalue weighted by Crippen LogP contribution is 2.47. The van der Waals surface area contributed by atoms with Crippen LogP contribution in [0.25, 0.3) is 0 Å². The number of hydrogen-bond donors (Lipinski definition) is 2. The number of alkyl halides is 3. The quantitative estimate of drug-likeness (QED) is 0.343. The molecule has 0 aromatic heterocycles. The van der Waals surface area contributed by atoms with E-state index in [0.717, 1.165) is 39.0 Å². The summed E-state index contributed by atoms with van der Waals surface area (Å²) < 4.78 is 46.9. The van der Waals surface area contributed by atoms with Crippen LogP contribution in [0, 0.1) is 17.3 Å². The van der Waals surface area contributed by atoms with Gasteiger partial charge < -0.3 is 14.9 Å². The zero-order valence-corrected chi connectivity index (χ0v) is 17.5. The summed E-state index contributed by atoms with van der Waals surface area (Å²) in [6.45, 7) is 2.96. The van der Waals surface area contributed by atoms with E-state index in [2.05, 4.69) is 0 Å². The number of hydrogen-bond acceptors (Lipinski definition) is 3. The van der Waals surface area contributed by atoms with Crippen molar-refractivity contribution < 1.29 is 32.9 Å². The molecule has 2 N–H and O–H groups in total. The molecule has 6 atom stereocenters. The molecule has 7 heteroatoms. The summed E-state index contributed by atoms with van der Waals surface area (Å²) >= 11 is 0. The average molecular weight is 421 g/mol. The van der Waals surface area contributed by atoms with Crippen LogP contribution in [0.1, 0.15) is 78.1 Å². The molecule has 0 amide bonds. The fraction of sp³-hybridized carbons (Fsp3) is 0.864. The van der Waals surface area contributed by atoms with Crippen LogP contribution in [-0.4, -0.2) is 40.7 Å². The Bertz CT molecular complexity index is 563. The zero-order valence-electron chi connectivity index (χ0n) is 17.5. The summed E-state index contributed by atoms with van der Waals surface area (Å²) in [6, 6.07) is 0. The molecule has 4 unspecified atom stereocenters. The second-order valence-corrected chi connectivity index (χ2v) is 8.93. The second kappa shape index (κ2) is 10.3. The third-order valence-electron chi connectivity index (χ3n) is 6.77. The van der Waals surface area contributed by atoms with Gasteiger partial charge in [0.2, 0.25) is 0 Å². The molecule has 0 aromatic rings. The number of carboxylic acid groups (broad SMARTS) is 1. The van der Waals surface area contributed by atoms with Gasteiger partial charge in [0.1, 0.15) is 0 Å². The molecule has 1 aliphatic carbocycles. The zero-order chi connectivity index (χ0) is 21.7. The van der Waals surface area contributed by atoms with Crippen molar-refractivity contribution in [1.29, 1.82) is 0 Å². The molecule has 1 saturated carbocycles. The SMILES string of the molecule is CCCCC(C)(C(O)/C=C/[C@H]1CCC2OC(CCCCC(=O)O)C[C@@H]21)C(F)(F)F. The van der Waals surface area contributed by atoms with E-state index in [0.29, 0.717) is 19.3 Å². The largest absolute Gasteiger partial charge is 0.481 e. The van der Waals surface area contributed by atoms with Crippen LogP contribution < -0.4 is 0 Å². The minimum Gasteiger partial charge on any atom is -0.481 e. The van der Waals surface area contributed by atoms with E-state index in [1.165, 1.54) is 6.08 Å². The van der Waals surface area contributed by atoms with Crippen LogP contribution in [0.5, 0.6) is 0 Å². The van der Waals surface area contributed by atoms with Crippen molar-refractivity contribution >= 4 is 5.97 Å². The van der Waals surface area contributed by atoms with Gasteiger partial charge >= 0.3 is 12.1 Å². The molecule has 1 heterocycles. The number of aliphatic hydroxyl groups excluding tert-OH is 1. The Hall–Kier alpha value is -1.08. The van der Waals surface area contributed by atoms with Gasteiger partial charge in [0.15, 0.2) is 0 Å². The standard InChI is InChI=1S/C22H35F3O4/c1-3-4-13-21(2,22(23,24)25)19(26)12-10-15-9-11-18-17(15)14-16(29-18)7-5-6-8-20(27)28/h10,12,15-19,26H,3-9,11,13-14H2,1-2H3,(H,27,28)/b12-10+/t15-,16?,17-,18?,19?,21?/m1/s1. The Morgan fingerprint density at radius 3 is 2.59 bits per heavy atom. The summed E-state index contributed by atoms with van der Waals surface area (Å²) in [6.07, 6.45) is 3.37. The molecule has 0 radical (unpaired) electrons. The lowest BCUT2D eigenvalue weighted by Crippen LogP contribution is -2.44. The molecule has 2 fully saturated rings. The Morgan fingerprint density at radius 1 is 1.24 bits per heavy atom. The molecular formula is C22H35F3O4. The molecule has 4 nitrogen and oxygen atoms in total. The van der Waals surface area contributed by atoms with Gasteiger partial charge in [0.05, 0.1) is 23.7 Å². The van der Waals surface area contributed by atoms with Crippen molar-refractivity contribution in [3.8, 4) is 0 Å². The number of fused-ring (bicyclic) bond motifs is 1. The van der Waals surface area contributed by atoms with Gasteiger partial charge in [0, 0.05) is 6.42 Å². The first kappa shape index (κ1) is 24.2. The number of rotatable bonds is 11. The van der Waals surface area contributed by atoms with Crippen LogP contribution >= 0.6 is 0 Å². The molecule has 0 aromatic carbocycles. The maximum absolute atomic E-state index is 13.6. The first-order chi connectivity index (χ1) is 13.6. The molecule has 168 valence electrons. The maximum atomic E-state index is 13.6. The van der Waals surface area contributed by atoms with Crippen molar-refractivity contribution in [3.05, 3.63) is 12.2 Å². The molecule has 0 bridgehead atoms. The summed E-state index contributed by atoms with van der Waals surface area (Å²) in [7, 11) is 0. The predicted molar refractivity (Wildman–Crippen MR) is 104 cm³/mol. The minimum absolute atomic E-state index is 0.0866. The summed E-state index contributed by atoms with van der Waals surface area (Å²) in [5, 5.41) is 19.1. The van der Waals surface area contributed by atoms with Crippen molar-refractivity contribution in [2.45, 2.75) is 103 Å². The van der Waals surface area contributed by atoms with E-state index in [9.17, 15) is 23.1 Å². The van der Waals surface area contributed by atoms with Crippen LogP contribution in [-0.2, 0) is 9.53 Å². The van der Waals surface area contributed by atoms with E-state index in [-0.39, 0.29) is 36.9 Å². The number of ether oxygens (including phenoxy) is 1. The molecular weight excluding hydrogens is 385 g/mol. The lowest BCUT2D eigenvalue weighted by Gasteiger charge is -2.35. The van der Waals surface area contributed by atoms with E-state index >= 15 is 0 Å². The van der Waals surface area contributed by atoms with Crippen molar-refractivity contribution in [1.82, 2.24) is 0 Å². The number of aliphatic hydroxyl groups is 1. The lowest BCUT2D eigenvalue weighted by atomic mass is 9.78. The molecule has 1 saturated heterocycles. The van der Waals surface area contributed by atoms with Gasteiger partial charge in [0.25, 0.3) is 0 Å². The first-order valence-corrected chi connectivity index (χ1v) is 10.9. The molecule has 1 aliphatic heterocycles. The van der Waals surface area contributed by atoms with E-state index < -0.39 is 23.7 Å². The maximum Gasteiger partial charge on any atom is 0.397 e. The van der Waals surface area contributed by atoms with Crippen LogP contribution in [0.3, 0.4) is 0 Å². The number of unbranched alkanes of at least 4 members (excludes halogenated alkanes) is 2. The molecule has 2 rings (SSSR count). The highest BCUT2D eigenvalue weighted by atomic mass is 19.4. The monoisotopic (exact) mass is 420 g/mol. The number of halogens is 3. The highest BCUT2D eigenvalue weighted by molar-refractivity contribution is 5.66. The Morgan fingerprint density at radius 2 is 1.97 bits per heavy atom. The Labute approximate surface area is 171 Å². The number of aliphatic carboxylic acids is 1. The highest BCUT2D eigenvalue weighted by Gasteiger charge is 2.54. The normalized spacial score (nSPS) is 30.4. The molecule has 2 aliphatic rings.